The van der Waals surface area contributed by atoms with E-state index >= 15 is 4.79 Å². The topological polar surface area (TPSA) is 65.5 Å². The molecule has 232 valence electrons. The van der Waals surface area contributed by atoms with E-state index in [4.69, 9.17) is 14.5 Å². The number of aromatic nitrogens is 1. The van der Waals surface area contributed by atoms with Gasteiger partial charge in [0.1, 0.15) is 22.6 Å². The summed E-state index contributed by atoms with van der Waals surface area (Å²) in [6.07, 6.45) is 3.54. The van der Waals surface area contributed by atoms with Crippen molar-refractivity contribution in [3.63, 3.8) is 0 Å². The lowest BCUT2D eigenvalue weighted by molar-refractivity contribution is -0.177. The fraction of sp³-hybridized carbons (Fsp3) is 0.395. The quantitative estimate of drug-likeness (QED) is 0.161. The van der Waals surface area contributed by atoms with Crippen LogP contribution < -0.4 is 9.22 Å². The number of hydrogen-bond acceptors (Lipinski definition) is 5. The zero-order valence-electron chi connectivity index (χ0n) is 26.9. The van der Waals surface area contributed by atoms with Gasteiger partial charge in [-0.05, 0) is 76.8 Å². The molecular formula is C38H40BrN2O4+. The first kappa shape index (κ1) is 30.1. The molecule has 2 heterocycles. The van der Waals surface area contributed by atoms with E-state index in [0.717, 1.165) is 62.0 Å². The van der Waals surface area contributed by atoms with Crippen LogP contribution >= 0.6 is 15.9 Å². The maximum Gasteiger partial charge on any atom is 0.352 e. The van der Waals surface area contributed by atoms with Crippen LogP contribution in [-0.2, 0) is 9.53 Å². The summed E-state index contributed by atoms with van der Waals surface area (Å²) >= 11 is 3.67. The smallest absolute Gasteiger partial charge is 0.352 e. The van der Waals surface area contributed by atoms with E-state index in [9.17, 15) is 4.79 Å². The lowest BCUT2D eigenvalue weighted by Crippen LogP contribution is -2.70. The number of hydrogen-bond donors (Lipinski definition) is 0. The largest absolute Gasteiger partial charge is 0.496 e. The SMILES string of the molecule is COc1cccc2c1C1CC3(C(=O)OC(C)(C)C)CCC1(CC3)[N+]2(C)C(=O)c1c(C)c(-c2ccccc2)nc2ccc(Br)cc12. The third-order valence-electron chi connectivity index (χ3n) is 11.0. The van der Waals surface area contributed by atoms with E-state index in [2.05, 4.69) is 29.0 Å². The molecular weight excluding hydrogens is 628 g/mol. The normalized spacial score (nSPS) is 26.8. The molecule has 1 aromatic heterocycles. The van der Waals surface area contributed by atoms with E-state index in [-0.39, 0.29) is 22.3 Å². The minimum Gasteiger partial charge on any atom is -0.496 e. The van der Waals surface area contributed by atoms with Crippen LogP contribution in [0.25, 0.3) is 22.2 Å². The number of esters is 1. The van der Waals surface area contributed by atoms with Gasteiger partial charge in [0.2, 0.25) is 0 Å². The molecule has 1 spiro atoms. The first-order valence-corrected chi connectivity index (χ1v) is 16.6. The summed E-state index contributed by atoms with van der Waals surface area (Å²) in [4.78, 5) is 34.6. The zero-order valence-corrected chi connectivity index (χ0v) is 28.5. The minimum absolute atomic E-state index is 0.0265. The van der Waals surface area contributed by atoms with Crippen molar-refractivity contribution in [1.29, 1.82) is 0 Å². The maximum absolute atomic E-state index is 15.7. The van der Waals surface area contributed by atoms with E-state index in [1.165, 1.54) is 0 Å². The second-order valence-corrected chi connectivity index (χ2v) is 15.3. The summed E-state index contributed by atoms with van der Waals surface area (Å²) < 4.78 is 13.1. The molecule has 4 aromatic rings. The van der Waals surface area contributed by atoms with Gasteiger partial charge < -0.3 is 9.47 Å². The van der Waals surface area contributed by atoms with Crippen molar-refractivity contribution in [3.8, 4) is 17.0 Å². The molecule has 1 aliphatic heterocycles. The number of fused-ring (bicyclic) bond motifs is 4. The zero-order chi connectivity index (χ0) is 31.9. The molecule has 3 saturated carbocycles. The Bertz CT molecular complexity index is 1870. The number of carbonyl (C=O) groups excluding carboxylic acids is 2. The number of nitrogens with zero attached hydrogens (tertiary/aromatic N) is 2. The summed E-state index contributed by atoms with van der Waals surface area (Å²) in [6.45, 7) is 7.83. The molecule has 2 bridgehead atoms. The molecule has 0 radical (unpaired) electrons. The molecule has 3 fully saturated rings. The molecule has 2 atom stereocenters. The van der Waals surface area contributed by atoms with Crippen molar-refractivity contribution in [2.24, 2.45) is 5.41 Å². The molecule has 6 nitrogen and oxygen atoms in total. The van der Waals surface area contributed by atoms with Crippen molar-refractivity contribution >= 4 is 44.4 Å². The number of methoxy groups -OCH3 is 1. The highest BCUT2D eigenvalue weighted by molar-refractivity contribution is 9.10. The van der Waals surface area contributed by atoms with E-state index in [1.807, 2.05) is 88.4 Å². The monoisotopic (exact) mass is 667 g/mol. The third kappa shape index (κ3) is 4.26. The van der Waals surface area contributed by atoms with Crippen LogP contribution in [-0.4, -0.2) is 42.2 Å². The molecule has 8 rings (SSSR count). The number of carbonyl (C=O) groups is 2. The number of rotatable bonds is 4. The highest BCUT2D eigenvalue weighted by Crippen LogP contribution is 2.70. The van der Waals surface area contributed by atoms with Gasteiger partial charge in [-0.2, -0.15) is 0 Å². The highest BCUT2D eigenvalue weighted by atomic mass is 79.9. The van der Waals surface area contributed by atoms with Gasteiger partial charge in [0.05, 0.1) is 47.8 Å². The van der Waals surface area contributed by atoms with E-state index < -0.39 is 16.6 Å². The number of halogens is 1. The second kappa shape index (κ2) is 10.2. The van der Waals surface area contributed by atoms with Gasteiger partial charge in [-0.25, -0.2) is 14.3 Å². The lowest BCUT2D eigenvalue weighted by Gasteiger charge is -2.57. The van der Waals surface area contributed by atoms with Gasteiger partial charge in [-0.15, -0.1) is 0 Å². The van der Waals surface area contributed by atoms with Crippen LogP contribution in [0.15, 0.2) is 71.2 Å². The Morgan fingerprint density at radius 2 is 1.69 bits per heavy atom. The van der Waals surface area contributed by atoms with Crippen LogP contribution in [0.2, 0.25) is 0 Å². The summed E-state index contributed by atoms with van der Waals surface area (Å²) in [6, 6.07) is 22.2. The van der Waals surface area contributed by atoms with Crippen molar-refractivity contribution in [1.82, 2.24) is 9.47 Å². The third-order valence-corrected chi connectivity index (χ3v) is 11.5. The van der Waals surface area contributed by atoms with E-state index in [0.29, 0.717) is 24.8 Å². The Morgan fingerprint density at radius 3 is 2.36 bits per heavy atom. The Balaban J connectivity index is 1.45. The van der Waals surface area contributed by atoms with Gasteiger partial charge >= 0.3 is 11.9 Å². The van der Waals surface area contributed by atoms with Gasteiger partial charge in [0.15, 0.2) is 0 Å². The Hall–Kier alpha value is -3.55. The van der Waals surface area contributed by atoms with Crippen molar-refractivity contribution in [3.05, 3.63) is 87.9 Å². The molecule has 3 aliphatic carbocycles. The Kier molecular flexibility index (Phi) is 6.85. The molecule has 4 aliphatic rings. The Labute approximate surface area is 273 Å². The Morgan fingerprint density at radius 1 is 0.978 bits per heavy atom. The average Bonchev–Trinajstić information content (AvgIpc) is 3.25. The number of ether oxygens (including phenoxy) is 2. The predicted molar refractivity (Wildman–Crippen MR) is 181 cm³/mol. The molecule has 7 heteroatoms. The van der Waals surface area contributed by atoms with Crippen LogP contribution in [0, 0.1) is 12.3 Å². The fourth-order valence-electron chi connectivity index (χ4n) is 8.81. The second-order valence-electron chi connectivity index (χ2n) is 14.3. The maximum atomic E-state index is 15.7. The van der Waals surface area contributed by atoms with Gasteiger partial charge in [0, 0.05) is 34.3 Å². The minimum atomic E-state index is -0.569. The number of likely N-dealkylation sites (N-methyl/N-ethyl adjacent to an activating group) is 1. The fourth-order valence-corrected chi connectivity index (χ4v) is 9.17. The summed E-state index contributed by atoms with van der Waals surface area (Å²) in [5.41, 5.74) is 4.62. The van der Waals surface area contributed by atoms with Crippen molar-refractivity contribution < 1.29 is 19.1 Å². The average molecular weight is 669 g/mol. The van der Waals surface area contributed by atoms with Crippen LogP contribution in [0.3, 0.4) is 0 Å². The molecule has 0 N–H and O–H groups in total. The predicted octanol–water partition coefficient (Wildman–Crippen LogP) is 8.90. The summed E-state index contributed by atoms with van der Waals surface area (Å²) in [5, 5.41) is 0.838. The molecule has 0 saturated heterocycles. The molecule has 45 heavy (non-hydrogen) atoms. The molecule has 1 amide bonds. The van der Waals surface area contributed by atoms with E-state index in [1.54, 1.807) is 7.11 Å². The lowest BCUT2D eigenvalue weighted by atomic mass is 9.51. The number of benzene rings is 3. The number of amides is 1. The number of quaternary nitrogens is 1. The first-order valence-electron chi connectivity index (χ1n) is 15.8. The van der Waals surface area contributed by atoms with Crippen LogP contribution in [0.1, 0.15) is 80.3 Å². The molecule has 2 unspecified atom stereocenters. The highest BCUT2D eigenvalue weighted by Gasteiger charge is 2.73. The summed E-state index contributed by atoms with van der Waals surface area (Å²) in [7, 11) is 3.81. The summed E-state index contributed by atoms with van der Waals surface area (Å²) in [5.74, 6) is 0.697. The first-order chi connectivity index (χ1) is 21.3. The van der Waals surface area contributed by atoms with Gasteiger partial charge in [-0.1, -0.05) is 52.3 Å². The van der Waals surface area contributed by atoms with Gasteiger partial charge in [-0.3, -0.25) is 4.79 Å². The number of pyridine rings is 1. The standard InChI is InChI=1S/C38H40BrN2O4/c1-23-31(26-21-25(39)15-16-28(26)40-33(23)24-11-8-7-9-12-24)34(42)41(5)29-13-10-14-30(44-6)32(29)27-22-37(35(43)45-36(2,3)4)17-19-38(27,41)20-18-37/h7-16,21,27H,17-20,22H2,1-6H3/q+1. The van der Waals surface area contributed by atoms with Crippen LogP contribution in [0.4, 0.5) is 5.69 Å². The van der Waals surface area contributed by atoms with Crippen molar-refractivity contribution in [2.45, 2.75) is 76.9 Å². The molecule has 3 aromatic carbocycles. The van der Waals surface area contributed by atoms with Crippen molar-refractivity contribution in [2.75, 3.05) is 14.2 Å². The van der Waals surface area contributed by atoms with Crippen LogP contribution in [0.5, 0.6) is 5.75 Å². The van der Waals surface area contributed by atoms with Gasteiger partial charge in [0.25, 0.3) is 0 Å².